The Morgan fingerprint density at radius 1 is 1.25 bits per heavy atom. The number of hydrogen-bond donors (Lipinski definition) is 0. The molecule has 128 valence electrons. The molecule has 2 heterocycles. The molecule has 6 heteroatoms. The van der Waals surface area contributed by atoms with E-state index in [1.807, 2.05) is 23.6 Å². The Hall–Kier alpha value is -1.11. The summed E-state index contributed by atoms with van der Waals surface area (Å²) < 4.78 is 0. The quantitative estimate of drug-likeness (QED) is 0.637. The van der Waals surface area contributed by atoms with Crippen molar-refractivity contribution in [3.8, 4) is 0 Å². The monoisotopic (exact) mass is 424 g/mol. The highest BCUT2D eigenvalue weighted by atomic mass is 79.9. The average Bonchev–Trinajstić information content (AvgIpc) is 3.11. The van der Waals surface area contributed by atoms with Crippen LogP contribution in [0.2, 0.25) is 0 Å². The number of carbonyl (C=O) groups excluding carboxylic acids is 1. The molecule has 0 saturated heterocycles. The van der Waals surface area contributed by atoms with Gasteiger partial charge in [0.15, 0.2) is 11.0 Å². The molecule has 3 rings (SSSR count). The SMILES string of the molecule is Br.Cc1cccc(N(CC(=O)c2cccs2)C2=NCCCS2)c1C. The van der Waals surface area contributed by atoms with E-state index in [9.17, 15) is 4.79 Å². The molecule has 1 aliphatic heterocycles. The molecule has 0 N–H and O–H groups in total. The van der Waals surface area contributed by atoms with E-state index in [2.05, 4.69) is 35.9 Å². The fourth-order valence-corrected chi connectivity index (χ4v) is 4.17. The van der Waals surface area contributed by atoms with E-state index in [-0.39, 0.29) is 22.8 Å². The number of halogens is 1. The molecule has 0 amide bonds. The first-order valence-electron chi connectivity index (χ1n) is 7.74. The predicted molar refractivity (Wildman–Crippen MR) is 112 cm³/mol. The van der Waals surface area contributed by atoms with Gasteiger partial charge in [0.1, 0.15) is 0 Å². The lowest BCUT2D eigenvalue weighted by atomic mass is 10.1. The van der Waals surface area contributed by atoms with Crippen molar-refractivity contribution in [1.29, 1.82) is 0 Å². The molecule has 0 bridgehead atoms. The minimum Gasteiger partial charge on any atom is -0.313 e. The van der Waals surface area contributed by atoms with Crippen molar-refractivity contribution >= 4 is 56.7 Å². The van der Waals surface area contributed by atoms with Gasteiger partial charge in [-0.1, -0.05) is 30.0 Å². The van der Waals surface area contributed by atoms with Crippen LogP contribution in [0.3, 0.4) is 0 Å². The highest BCUT2D eigenvalue weighted by Gasteiger charge is 2.22. The minimum absolute atomic E-state index is 0. The van der Waals surface area contributed by atoms with Crippen LogP contribution in [-0.4, -0.2) is 29.8 Å². The third-order valence-corrected chi connectivity index (χ3v) is 5.99. The van der Waals surface area contributed by atoms with Gasteiger partial charge in [-0.3, -0.25) is 9.79 Å². The maximum absolute atomic E-state index is 12.6. The van der Waals surface area contributed by atoms with Gasteiger partial charge in [-0.05, 0) is 48.9 Å². The fraction of sp³-hybridized carbons (Fsp3) is 0.333. The van der Waals surface area contributed by atoms with Crippen LogP contribution in [0.5, 0.6) is 0 Å². The van der Waals surface area contributed by atoms with Crippen molar-refractivity contribution in [2.45, 2.75) is 20.3 Å². The van der Waals surface area contributed by atoms with E-state index >= 15 is 0 Å². The molecule has 0 aliphatic carbocycles. The Morgan fingerprint density at radius 2 is 2.08 bits per heavy atom. The number of anilines is 1. The lowest BCUT2D eigenvalue weighted by Gasteiger charge is -2.28. The molecule has 0 unspecified atom stereocenters. The molecule has 2 aromatic rings. The summed E-state index contributed by atoms with van der Waals surface area (Å²) >= 11 is 3.25. The maximum Gasteiger partial charge on any atom is 0.192 e. The second-order valence-electron chi connectivity index (χ2n) is 5.57. The number of carbonyl (C=O) groups is 1. The zero-order valence-electron chi connectivity index (χ0n) is 13.8. The second kappa shape index (κ2) is 8.83. The number of thiophene rings is 1. The standard InChI is InChI=1S/C18H20N2OS2.BrH/c1-13-6-3-7-15(14(13)2)20(18-19-9-5-11-23-18)12-16(21)17-8-4-10-22-17;/h3-4,6-8,10H,5,9,11-12H2,1-2H3;1H. The van der Waals surface area contributed by atoms with E-state index in [4.69, 9.17) is 0 Å². The van der Waals surface area contributed by atoms with Crippen molar-refractivity contribution in [2.24, 2.45) is 4.99 Å². The summed E-state index contributed by atoms with van der Waals surface area (Å²) in [5.74, 6) is 1.21. The Kier molecular flexibility index (Phi) is 7.07. The number of ketones is 1. The molecule has 0 saturated carbocycles. The number of Topliss-reactive ketones (excluding diaryl/α,β-unsaturated/α-hetero) is 1. The molecule has 1 aromatic heterocycles. The van der Waals surface area contributed by atoms with Crippen molar-refractivity contribution in [3.05, 3.63) is 51.7 Å². The topological polar surface area (TPSA) is 32.7 Å². The van der Waals surface area contributed by atoms with Crippen LogP contribution >= 0.6 is 40.1 Å². The molecule has 0 atom stereocenters. The maximum atomic E-state index is 12.6. The van der Waals surface area contributed by atoms with Crippen molar-refractivity contribution in [2.75, 3.05) is 23.7 Å². The summed E-state index contributed by atoms with van der Waals surface area (Å²) in [6.07, 6.45) is 1.10. The van der Waals surface area contributed by atoms with Crippen molar-refractivity contribution in [3.63, 3.8) is 0 Å². The number of benzene rings is 1. The van der Waals surface area contributed by atoms with Crippen LogP contribution in [0, 0.1) is 13.8 Å². The first-order chi connectivity index (χ1) is 11.2. The predicted octanol–water partition coefficient (Wildman–Crippen LogP) is 5.13. The van der Waals surface area contributed by atoms with Gasteiger partial charge in [-0.2, -0.15) is 0 Å². The highest BCUT2D eigenvalue weighted by molar-refractivity contribution is 8.93. The number of nitrogens with zero attached hydrogens (tertiary/aromatic N) is 2. The van der Waals surface area contributed by atoms with E-state index in [1.54, 1.807) is 11.8 Å². The van der Waals surface area contributed by atoms with Gasteiger partial charge in [-0.15, -0.1) is 28.3 Å². The summed E-state index contributed by atoms with van der Waals surface area (Å²) in [5, 5.41) is 2.91. The third-order valence-electron chi connectivity index (χ3n) is 3.98. The Labute approximate surface area is 161 Å². The lowest BCUT2D eigenvalue weighted by Crippen LogP contribution is -2.36. The molecule has 1 aliphatic rings. The normalized spacial score (nSPS) is 13.8. The van der Waals surface area contributed by atoms with Crippen molar-refractivity contribution < 1.29 is 4.79 Å². The van der Waals surface area contributed by atoms with Crippen LogP contribution in [0.1, 0.15) is 27.2 Å². The van der Waals surface area contributed by atoms with Gasteiger partial charge >= 0.3 is 0 Å². The van der Waals surface area contributed by atoms with Gasteiger partial charge in [0.2, 0.25) is 0 Å². The number of amidine groups is 1. The Morgan fingerprint density at radius 3 is 2.75 bits per heavy atom. The minimum atomic E-state index is 0. The first-order valence-corrected chi connectivity index (χ1v) is 9.61. The molecular formula is C18H21BrN2OS2. The summed E-state index contributed by atoms with van der Waals surface area (Å²) in [5.41, 5.74) is 3.53. The second-order valence-corrected chi connectivity index (χ2v) is 7.58. The smallest absolute Gasteiger partial charge is 0.192 e. The molecule has 24 heavy (non-hydrogen) atoms. The van der Waals surface area contributed by atoms with Gasteiger partial charge in [0.25, 0.3) is 0 Å². The number of aliphatic imine (C=N–C) groups is 1. The van der Waals surface area contributed by atoms with Crippen LogP contribution in [-0.2, 0) is 0 Å². The largest absolute Gasteiger partial charge is 0.313 e. The highest BCUT2D eigenvalue weighted by Crippen LogP contribution is 2.28. The van der Waals surface area contributed by atoms with Crippen LogP contribution in [0.25, 0.3) is 0 Å². The third kappa shape index (κ3) is 4.29. The molecule has 0 fully saturated rings. The number of hydrogen-bond acceptors (Lipinski definition) is 5. The zero-order valence-corrected chi connectivity index (χ0v) is 17.2. The zero-order chi connectivity index (χ0) is 16.2. The van der Waals surface area contributed by atoms with E-state index in [0.717, 1.165) is 34.5 Å². The van der Waals surface area contributed by atoms with Gasteiger partial charge in [0, 0.05) is 18.0 Å². The number of rotatable bonds is 4. The van der Waals surface area contributed by atoms with E-state index in [0.29, 0.717) is 6.54 Å². The summed E-state index contributed by atoms with van der Waals surface area (Å²) in [4.78, 5) is 20.2. The molecule has 3 nitrogen and oxygen atoms in total. The van der Waals surface area contributed by atoms with Gasteiger partial charge in [0.05, 0.1) is 11.4 Å². The summed E-state index contributed by atoms with van der Waals surface area (Å²) in [6.45, 7) is 5.41. The summed E-state index contributed by atoms with van der Waals surface area (Å²) in [7, 11) is 0. The van der Waals surface area contributed by atoms with Crippen molar-refractivity contribution in [1.82, 2.24) is 0 Å². The molecule has 1 aromatic carbocycles. The first kappa shape index (κ1) is 19.2. The van der Waals surface area contributed by atoms with Crippen LogP contribution in [0.15, 0.2) is 40.7 Å². The molecule has 0 radical (unpaired) electrons. The average molecular weight is 425 g/mol. The van der Waals surface area contributed by atoms with Crippen LogP contribution in [0.4, 0.5) is 5.69 Å². The van der Waals surface area contributed by atoms with Gasteiger partial charge in [-0.25, -0.2) is 0 Å². The Bertz CT molecular complexity index is 729. The van der Waals surface area contributed by atoms with Crippen LogP contribution < -0.4 is 4.90 Å². The summed E-state index contributed by atoms with van der Waals surface area (Å²) in [6, 6.07) is 10.1. The lowest BCUT2D eigenvalue weighted by molar-refractivity contribution is 0.101. The van der Waals surface area contributed by atoms with E-state index in [1.165, 1.54) is 22.5 Å². The number of aryl methyl sites for hydroxylation is 1. The molecule has 0 spiro atoms. The Balaban J connectivity index is 0.00000208. The van der Waals surface area contributed by atoms with Gasteiger partial charge < -0.3 is 4.90 Å². The fourth-order valence-electron chi connectivity index (χ4n) is 2.55. The molecular weight excluding hydrogens is 404 g/mol. The van der Waals surface area contributed by atoms with E-state index < -0.39 is 0 Å². The number of thioether (sulfide) groups is 1.